The lowest BCUT2D eigenvalue weighted by atomic mass is 9.93. The third-order valence-electron chi connectivity index (χ3n) is 8.30. The van der Waals surface area contributed by atoms with E-state index in [1.165, 1.54) is 24.1 Å². The number of amides is 3. The van der Waals surface area contributed by atoms with Gasteiger partial charge in [-0.3, -0.25) is 19.2 Å². The number of carbonyl (C=O) groups is 5. The molecule has 4 N–H and O–H groups in total. The van der Waals surface area contributed by atoms with Crippen molar-refractivity contribution in [2.75, 3.05) is 26.4 Å². The van der Waals surface area contributed by atoms with E-state index in [9.17, 15) is 29.1 Å². The first-order valence-corrected chi connectivity index (χ1v) is 18.7. The number of rotatable bonds is 22. The second kappa shape index (κ2) is 21.6. The fraction of sp³-hybridized carbons (Fsp3) is 0.600. The number of likely N-dealkylation sites (N-methyl/N-ethyl adjacent to an activating group) is 1. The predicted octanol–water partition coefficient (Wildman–Crippen LogP) is 4.91. The summed E-state index contributed by atoms with van der Waals surface area (Å²) in [5, 5.41) is 20.2. The first kappa shape index (κ1) is 41.7. The standard InChI is InChI=1S/C35H53N5O7S2/c1-8-23(4)31(39-30(42)17-13-10-14-18-36-6)34(44)40(7)28(22(2)3)19-29(47-24(5)41)33-38-26(20-49-33)32(43)37-27(35(45)46)21-48-25-15-11-9-12-16-25/h9,11-12,15-16,20,22-23,27-29,31,36H,8,10,13-14,17-19,21H2,1-7H3,(H,37,43)(H,39,42)(H,45,46)/t23-,27-,28+,29+,31-/m0/s1. The number of nitrogens with one attached hydrogen (secondary N) is 3. The van der Waals surface area contributed by atoms with Crippen LogP contribution < -0.4 is 16.0 Å². The number of ether oxygens (including phenoxy) is 1. The highest BCUT2D eigenvalue weighted by Crippen LogP contribution is 2.31. The van der Waals surface area contributed by atoms with Crippen LogP contribution in [0.1, 0.15) is 94.7 Å². The molecule has 0 aliphatic carbocycles. The van der Waals surface area contributed by atoms with Crippen LogP contribution >= 0.6 is 23.1 Å². The molecule has 0 aliphatic rings. The molecule has 0 fully saturated rings. The smallest absolute Gasteiger partial charge is 0.327 e. The van der Waals surface area contributed by atoms with Gasteiger partial charge in [-0.15, -0.1) is 23.1 Å². The molecule has 0 radical (unpaired) electrons. The van der Waals surface area contributed by atoms with E-state index < -0.39 is 42.1 Å². The SMILES string of the molecule is CC[C@H](C)[C@H](NC(=O)CCCCCNC)C(=O)N(C)[C@H](C[C@@H](OC(C)=O)c1nc(C(=O)N[C@@H](CSc2ccccc2)C(=O)O)cs1)C(C)C. The third-order valence-corrected chi connectivity index (χ3v) is 10.3. The van der Waals surface area contributed by atoms with Gasteiger partial charge < -0.3 is 30.7 Å². The minimum Gasteiger partial charge on any atom is -0.480 e. The summed E-state index contributed by atoms with van der Waals surface area (Å²) < 4.78 is 5.68. The maximum absolute atomic E-state index is 14.0. The number of nitrogens with zero attached hydrogens (tertiary/aromatic N) is 2. The Bertz CT molecular complexity index is 1360. The van der Waals surface area contributed by atoms with Crippen molar-refractivity contribution >= 4 is 52.8 Å². The zero-order valence-corrected chi connectivity index (χ0v) is 31.3. The molecule has 1 heterocycles. The molecule has 0 bridgehead atoms. The van der Waals surface area contributed by atoms with Crippen LogP contribution in [0.2, 0.25) is 0 Å². The van der Waals surface area contributed by atoms with Crippen LogP contribution in [-0.2, 0) is 23.9 Å². The van der Waals surface area contributed by atoms with Crippen LogP contribution in [0.25, 0.3) is 0 Å². The van der Waals surface area contributed by atoms with Gasteiger partial charge in [0.2, 0.25) is 11.8 Å². The number of unbranched alkanes of at least 4 members (excludes halogenated alkanes) is 2. The van der Waals surface area contributed by atoms with Crippen LogP contribution in [0.15, 0.2) is 40.6 Å². The number of hydrogen-bond donors (Lipinski definition) is 4. The van der Waals surface area contributed by atoms with Gasteiger partial charge in [0.05, 0.1) is 0 Å². The molecule has 0 aliphatic heterocycles. The van der Waals surface area contributed by atoms with Crippen LogP contribution in [0.4, 0.5) is 0 Å². The lowest BCUT2D eigenvalue weighted by Crippen LogP contribution is -2.54. The summed E-state index contributed by atoms with van der Waals surface area (Å²) in [4.78, 5) is 71.0. The van der Waals surface area contributed by atoms with E-state index >= 15 is 0 Å². The highest BCUT2D eigenvalue weighted by molar-refractivity contribution is 7.99. The van der Waals surface area contributed by atoms with Crippen molar-refractivity contribution in [3.05, 3.63) is 46.4 Å². The monoisotopic (exact) mass is 719 g/mol. The fourth-order valence-corrected chi connectivity index (χ4v) is 6.99. The summed E-state index contributed by atoms with van der Waals surface area (Å²) in [7, 11) is 3.59. The first-order chi connectivity index (χ1) is 23.3. The number of thiazole rings is 1. The number of carboxylic acid groups (broad SMARTS) is 1. The molecule has 14 heteroatoms. The van der Waals surface area contributed by atoms with Gasteiger partial charge in [-0.05, 0) is 50.4 Å². The Labute approximate surface area is 298 Å². The quantitative estimate of drug-likeness (QED) is 0.0747. The van der Waals surface area contributed by atoms with Crippen molar-refractivity contribution in [1.82, 2.24) is 25.8 Å². The van der Waals surface area contributed by atoms with Crippen LogP contribution in [0.3, 0.4) is 0 Å². The maximum Gasteiger partial charge on any atom is 0.327 e. The molecule has 5 atom stereocenters. The highest BCUT2D eigenvalue weighted by atomic mass is 32.2. The zero-order valence-electron chi connectivity index (χ0n) is 29.7. The van der Waals surface area contributed by atoms with E-state index in [2.05, 4.69) is 20.9 Å². The molecule has 2 rings (SSSR count). The molecule has 1 aromatic heterocycles. The molecular weight excluding hydrogens is 667 g/mol. The Morgan fingerprint density at radius 1 is 1.04 bits per heavy atom. The van der Waals surface area contributed by atoms with Crippen LogP contribution in [0.5, 0.6) is 0 Å². The second-order valence-corrected chi connectivity index (χ2v) is 14.5. The van der Waals surface area contributed by atoms with Gasteiger partial charge in [0, 0.05) is 48.9 Å². The summed E-state index contributed by atoms with van der Waals surface area (Å²) >= 11 is 2.43. The lowest BCUT2D eigenvalue weighted by Gasteiger charge is -2.37. The Morgan fingerprint density at radius 2 is 1.73 bits per heavy atom. The Morgan fingerprint density at radius 3 is 2.33 bits per heavy atom. The molecule has 1 aromatic carbocycles. The van der Waals surface area contributed by atoms with E-state index in [4.69, 9.17) is 4.74 Å². The van der Waals surface area contributed by atoms with Gasteiger partial charge in [0.15, 0.2) is 6.10 Å². The van der Waals surface area contributed by atoms with Crippen molar-refractivity contribution in [2.24, 2.45) is 11.8 Å². The molecule has 0 spiro atoms. The van der Waals surface area contributed by atoms with E-state index in [-0.39, 0.29) is 41.5 Å². The van der Waals surface area contributed by atoms with Crippen molar-refractivity contribution in [3.8, 4) is 0 Å². The van der Waals surface area contributed by atoms with E-state index in [0.29, 0.717) is 17.8 Å². The summed E-state index contributed by atoms with van der Waals surface area (Å²) in [6, 6.07) is 7.00. The van der Waals surface area contributed by atoms with Gasteiger partial charge >= 0.3 is 11.9 Å². The molecule has 0 saturated heterocycles. The highest BCUT2D eigenvalue weighted by Gasteiger charge is 2.35. The lowest BCUT2D eigenvalue weighted by molar-refractivity contribution is -0.149. The largest absolute Gasteiger partial charge is 0.480 e. The van der Waals surface area contributed by atoms with Crippen LogP contribution in [0, 0.1) is 11.8 Å². The Hall–Kier alpha value is -3.49. The van der Waals surface area contributed by atoms with E-state index in [1.54, 1.807) is 11.9 Å². The molecule has 0 saturated carbocycles. The average molecular weight is 720 g/mol. The first-order valence-electron chi connectivity index (χ1n) is 16.8. The van der Waals surface area contributed by atoms with Gasteiger partial charge in [-0.1, -0.05) is 58.7 Å². The molecule has 0 unspecified atom stereocenters. The summed E-state index contributed by atoms with van der Waals surface area (Å²) in [5.74, 6) is -2.83. The molecular formula is C35H53N5O7S2. The number of benzene rings is 1. The fourth-order valence-electron chi connectivity index (χ4n) is 5.22. The third kappa shape index (κ3) is 14.1. The molecule has 3 amide bonds. The van der Waals surface area contributed by atoms with Crippen molar-refractivity contribution < 1.29 is 33.8 Å². The maximum atomic E-state index is 14.0. The Kier molecular flexibility index (Phi) is 18.3. The van der Waals surface area contributed by atoms with Gasteiger partial charge in [-0.25, -0.2) is 9.78 Å². The average Bonchev–Trinajstić information content (AvgIpc) is 3.57. The van der Waals surface area contributed by atoms with Gasteiger partial charge in [-0.2, -0.15) is 0 Å². The van der Waals surface area contributed by atoms with Crippen LogP contribution in [-0.4, -0.2) is 89.2 Å². The van der Waals surface area contributed by atoms with Gasteiger partial charge in [0.1, 0.15) is 22.8 Å². The normalized spacial score (nSPS) is 14.3. The summed E-state index contributed by atoms with van der Waals surface area (Å²) in [6.45, 7) is 10.0. The molecule has 2 aromatic rings. The number of thioether (sulfide) groups is 1. The summed E-state index contributed by atoms with van der Waals surface area (Å²) in [5.41, 5.74) is 0.00384. The zero-order chi connectivity index (χ0) is 36.5. The number of carboxylic acids is 1. The minimum absolute atomic E-state index is 0.00384. The topological polar surface area (TPSA) is 167 Å². The number of esters is 1. The second-order valence-electron chi connectivity index (χ2n) is 12.5. The van der Waals surface area contributed by atoms with Crippen molar-refractivity contribution in [1.29, 1.82) is 0 Å². The Balaban J connectivity index is 2.19. The van der Waals surface area contributed by atoms with Crippen molar-refractivity contribution in [3.63, 3.8) is 0 Å². The summed E-state index contributed by atoms with van der Waals surface area (Å²) in [6.07, 6.45) is 2.98. The van der Waals surface area contributed by atoms with E-state index in [0.717, 1.165) is 42.0 Å². The number of carbonyl (C=O) groups excluding carboxylic acids is 4. The number of aromatic nitrogens is 1. The molecule has 12 nitrogen and oxygen atoms in total. The number of aliphatic carboxylic acids is 1. The molecule has 272 valence electrons. The predicted molar refractivity (Wildman–Crippen MR) is 192 cm³/mol. The van der Waals surface area contributed by atoms with E-state index in [1.807, 2.05) is 65.1 Å². The number of hydrogen-bond acceptors (Lipinski definition) is 10. The van der Waals surface area contributed by atoms with Crippen molar-refractivity contribution in [2.45, 2.75) is 102 Å². The molecule has 49 heavy (non-hydrogen) atoms. The van der Waals surface area contributed by atoms with Gasteiger partial charge in [0.25, 0.3) is 5.91 Å². The minimum atomic E-state index is -1.17.